The quantitative estimate of drug-likeness (QED) is 0.753. The highest BCUT2D eigenvalue weighted by atomic mass is 16.5. The zero-order valence-corrected chi connectivity index (χ0v) is 9.59. The fourth-order valence-electron chi connectivity index (χ4n) is 2.46. The summed E-state index contributed by atoms with van der Waals surface area (Å²) < 4.78 is 10.8. The van der Waals surface area contributed by atoms with Gasteiger partial charge in [0.1, 0.15) is 0 Å². The van der Waals surface area contributed by atoms with Gasteiger partial charge in [-0.25, -0.2) is 4.79 Å². The normalized spacial score (nSPS) is 35.7. The largest absolute Gasteiger partial charge is 0.479 e. The van der Waals surface area contributed by atoms with E-state index in [1.54, 1.807) is 7.11 Å². The first kappa shape index (κ1) is 11.8. The Hall–Kier alpha value is -0.650. The molecule has 2 aliphatic heterocycles. The van der Waals surface area contributed by atoms with E-state index in [4.69, 9.17) is 14.6 Å². The van der Waals surface area contributed by atoms with E-state index in [0.717, 1.165) is 32.5 Å². The van der Waals surface area contributed by atoms with Gasteiger partial charge < -0.3 is 14.6 Å². The predicted molar refractivity (Wildman–Crippen MR) is 57.4 cm³/mol. The van der Waals surface area contributed by atoms with Gasteiger partial charge in [-0.3, -0.25) is 4.90 Å². The van der Waals surface area contributed by atoms with Gasteiger partial charge in [0.25, 0.3) is 0 Å². The van der Waals surface area contributed by atoms with Crippen LogP contribution in [0.15, 0.2) is 0 Å². The van der Waals surface area contributed by atoms with Gasteiger partial charge >= 0.3 is 5.97 Å². The van der Waals surface area contributed by atoms with Crippen LogP contribution in [-0.4, -0.2) is 61.0 Å². The van der Waals surface area contributed by atoms with Crippen molar-refractivity contribution >= 4 is 5.97 Å². The number of aliphatic carboxylic acids is 1. The van der Waals surface area contributed by atoms with Crippen molar-refractivity contribution in [2.75, 3.05) is 26.7 Å². The zero-order chi connectivity index (χ0) is 11.5. The molecule has 3 atom stereocenters. The lowest BCUT2D eigenvalue weighted by atomic mass is 10.2. The molecule has 2 aliphatic rings. The Balaban J connectivity index is 1.73. The molecule has 16 heavy (non-hydrogen) atoms. The molecule has 0 aromatic rings. The van der Waals surface area contributed by atoms with Crippen LogP contribution in [0.5, 0.6) is 0 Å². The summed E-state index contributed by atoms with van der Waals surface area (Å²) in [6.07, 6.45) is 2.37. The number of carboxylic acids is 1. The molecule has 2 fully saturated rings. The molecule has 5 heteroatoms. The maximum atomic E-state index is 10.7. The van der Waals surface area contributed by atoms with Crippen molar-refractivity contribution in [2.24, 2.45) is 0 Å². The van der Waals surface area contributed by atoms with Crippen molar-refractivity contribution in [3.05, 3.63) is 0 Å². The lowest BCUT2D eigenvalue weighted by molar-refractivity contribution is -0.149. The standard InChI is InChI=1S/C11H19NO4/c1-15-8-4-5-12(6-8)7-9-2-3-10(16-9)11(13)14/h8-10H,2-7H2,1H3,(H,13,14). The number of rotatable bonds is 4. The maximum absolute atomic E-state index is 10.7. The molecule has 0 aliphatic carbocycles. The molecule has 2 saturated heterocycles. The molecule has 92 valence electrons. The predicted octanol–water partition coefficient (Wildman–Crippen LogP) is 0.339. The van der Waals surface area contributed by atoms with Crippen LogP contribution in [0.25, 0.3) is 0 Å². The Morgan fingerprint density at radius 1 is 1.50 bits per heavy atom. The summed E-state index contributed by atoms with van der Waals surface area (Å²) in [5.41, 5.74) is 0. The molecule has 5 nitrogen and oxygen atoms in total. The minimum absolute atomic E-state index is 0.0803. The van der Waals surface area contributed by atoms with E-state index in [9.17, 15) is 4.79 Å². The van der Waals surface area contributed by atoms with E-state index < -0.39 is 12.1 Å². The van der Waals surface area contributed by atoms with Gasteiger partial charge in [0.15, 0.2) is 6.10 Å². The molecule has 0 bridgehead atoms. The lowest BCUT2D eigenvalue weighted by Crippen LogP contribution is -2.32. The average Bonchev–Trinajstić information content (AvgIpc) is 2.87. The van der Waals surface area contributed by atoms with Crippen LogP contribution in [0, 0.1) is 0 Å². The van der Waals surface area contributed by atoms with Crippen LogP contribution >= 0.6 is 0 Å². The van der Waals surface area contributed by atoms with E-state index >= 15 is 0 Å². The maximum Gasteiger partial charge on any atom is 0.332 e. The van der Waals surface area contributed by atoms with Crippen molar-refractivity contribution in [2.45, 2.75) is 37.6 Å². The van der Waals surface area contributed by atoms with E-state index in [0.29, 0.717) is 12.5 Å². The van der Waals surface area contributed by atoms with Gasteiger partial charge in [-0.1, -0.05) is 0 Å². The van der Waals surface area contributed by atoms with Crippen LogP contribution in [0.2, 0.25) is 0 Å². The highest BCUT2D eigenvalue weighted by Crippen LogP contribution is 2.22. The molecule has 0 radical (unpaired) electrons. The van der Waals surface area contributed by atoms with Crippen LogP contribution in [0.4, 0.5) is 0 Å². The van der Waals surface area contributed by atoms with Gasteiger partial charge in [-0.05, 0) is 19.3 Å². The van der Waals surface area contributed by atoms with Crippen molar-refractivity contribution in [3.63, 3.8) is 0 Å². The lowest BCUT2D eigenvalue weighted by Gasteiger charge is -2.20. The molecule has 0 amide bonds. The summed E-state index contributed by atoms with van der Waals surface area (Å²) in [7, 11) is 1.74. The number of nitrogens with zero attached hydrogens (tertiary/aromatic N) is 1. The summed E-state index contributed by atoms with van der Waals surface area (Å²) in [5, 5.41) is 8.81. The minimum Gasteiger partial charge on any atom is -0.479 e. The van der Waals surface area contributed by atoms with Gasteiger partial charge in [-0.15, -0.1) is 0 Å². The van der Waals surface area contributed by atoms with E-state index in [1.807, 2.05) is 0 Å². The highest BCUT2D eigenvalue weighted by molar-refractivity contribution is 5.72. The van der Waals surface area contributed by atoms with Crippen molar-refractivity contribution in [1.82, 2.24) is 4.90 Å². The summed E-state index contributed by atoms with van der Waals surface area (Å²) >= 11 is 0. The Morgan fingerprint density at radius 3 is 2.88 bits per heavy atom. The van der Waals surface area contributed by atoms with Gasteiger partial charge in [-0.2, -0.15) is 0 Å². The number of carbonyl (C=O) groups is 1. The number of methoxy groups -OCH3 is 1. The molecule has 2 rings (SSSR count). The SMILES string of the molecule is COC1CCN(CC2CCC(C(=O)O)O2)C1. The Morgan fingerprint density at radius 2 is 2.31 bits per heavy atom. The third-order valence-electron chi connectivity index (χ3n) is 3.41. The van der Waals surface area contributed by atoms with Gasteiger partial charge in [0.05, 0.1) is 12.2 Å². The molecule has 3 unspecified atom stereocenters. The van der Waals surface area contributed by atoms with Crippen LogP contribution in [-0.2, 0) is 14.3 Å². The molecular formula is C11H19NO4. The first-order valence-electron chi connectivity index (χ1n) is 5.82. The first-order valence-corrected chi connectivity index (χ1v) is 5.82. The van der Waals surface area contributed by atoms with E-state index in [1.165, 1.54) is 0 Å². The monoisotopic (exact) mass is 229 g/mol. The second kappa shape index (κ2) is 5.12. The zero-order valence-electron chi connectivity index (χ0n) is 9.59. The molecule has 0 aromatic heterocycles. The Bertz CT molecular complexity index is 258. The molecule has 0 aromatic carbocycles. The van der Waals surface area contributed by atoms with E-state index in [2.05, 4.69) is 4.90 Å². The molecule has 0 saturated carbocycles. The summed E-state index contributed by atoms with van der Waals surface area (Å²) in [6.45, 7) is 2.80. The fourth-order valence-corrected chi connectivity index (χ4v) is 2.46. The Kier molecular flexibility index (Phi) is 3.78. The van der Waals surface area contributed by atoms with Gasteiger partial charge in [0.2, 0.25) is 0 Å². The number of likely N-dealkylation sites (tertiary alicyclic amines) is 1. The summed E-state index contributed by atoms with van der Waals surface area (Å²) in [5.74, 6) is -0.835. The van der Waals surface area contributed by atoms with Crippen molar-refractivity contribution in [3.8, 4) is 0 Å². The number of ether oxygens (including phenoxy) is 2. The fraction of sp³-hybridized carbons (Fsp3) is 0.909. The first-order chi connectivity index (χ1) is 7.69. The second-order valence-corrected chi connectivity index (χ2v) is 4.57. The topological polar surface area (TPSA) is 59.0 Å². The van der Waals surface area contributed by atoms with Crippen molar-refractivity contribution in [1.29, 1.82) is 0 Å². The minimum atomic E-state index is -0.835. The average molecular weight is 229 g/mol. The second-order valence-electron chi connectivity index (χ2n) is 4.57. The molecule has 1 N–H and O–H groups in total. The number of hydrogen-bond donors (Lipinski definition) is 1. The number of hydrogen-bond acceptors (Lipinski definition) is 4. The van der Waals surface area contributed by atoms with Crippen LogP contribution in [0.3, 0.4) is 0 Å². The third kappa shape index (κ3) is 2.72. The highest BCUT2D eigenvalue weighted by Gasteiger charge is 2.33. The smallest absolute Gasteiger partial charge is 0.332 e. The van der Waals surface area contributed by atoms with Gasteiger partial charge in [0, 0.05) is 26.7 Å². The van der Waals surface area contributed by atoms with Crippen LogP contribution in [0.1, 0.15) is 19.3 Å². The van der Waals surface area contributed by atoms with Crippen molar-refractivity contribution < 1.29 is 19.4 Å². The molecule has 2 heterocycles. The molecular weight excluding hydrogens is 210 g/mol. The Labute approximate surface area is 95.3 Å². The summed E-state index contributed by atoms with van der Waals surface area (Å²) in [4.78, 5) is 13.0. The molecule has 0 spiro atoms. The van der Waals surface area contributed by atoms with E-state index in [-0.39, 0.29) is 6.10 Å². The summed E-state index contributed by atoms with van der Waals surface area (Å²) in [6, 6.07) is 0. The third-order valence-corrected chi connectivity index (χ3v) is 3.41. The number of carboxylic acid groups (broad SMARTS) is 1. The van der Waals surface area contributed by atoms with Crippen LogP contribution < -0.4 is 0 Å².